The summed E-state index contributed by atoms with van der Waals surface area (Å²) in [6.45, 7) is 12.6. The Morgan fingerprint density at radius 3 is 2.62 bits per heavy atom. The van der Waals surface area contributed by atoms with Gasteiger partial charge in [-0.3, -0.25) is 8.96 Å². The molecule has 2 N–H and O–H groups in total. The summed E-state index contributed by atoms with van der Waals surface area (Å²) in [5, 5.41) is 6.26. The molecule has 0 atom stereocenters. The number of aromatic nitrogens is 3. The van der Waals surface area contributed by atoms with Gasteiger partial charge in [0.15, 0.2) is 12.3 Å². The first-order valence-electron chi connectivity index (χ1n) is 12.3. The fourth-order valence-electron chi connectivity index (χ4n) is 3.79. The molecule has 6 nitrogen and oxygen atoms in total. The van der Waals surface area contributed by atoms with Crippen LogP contribution in [0.4, 0.5) is 9.57 Å². The molecule has 0 unspecified atom stereocenters. The van der Waals surface area contributed by atoms with Gasteiger partial charge in [0.1, 0.15) is 17.8 Å². The molecule has 0 saturated heterocycles. The van der Waals surface area contributed by atoms with Crippen LogP contribution in [0.1, 0.15) is 18.1 Å². The number of benzene rings is 2. The van der Waals surface area contributed by atoms with Crippen LogP contribution >= 0.6 is 23.7 Å². The number of nitrogens with zero attached hydrogens (tertiary/aromatic N) is 3. The molecule has 0 fully saturated rings. The standard InChI is InChI=1S/C26H21FN4OS2.C4H9N/c1-17-12-20(30-18(2)13-19-6-4-3-5-7-19)8-9-23(17)32-24-10-11-28-21-14-25(33-26(21)24)22-15-31(34-27)16-29-22;1-3-5-4-2/h3-12,14-16,30H,2,13H2,1H3;3,5H,1,4H2,2H3. The maximum atomic E-state index is 12.8. The molecule has 39 heavy (non-hydrogen) atoms. The third-order valence-corrected chi connectivity index (χ3v) is 7.11. The summed E-state index contributed by atoms with van der Waals surface area (Å²) < 4.78 is 21.3. The number of imidazole rings is 1. The number of hydrogen-bond donors (Lipinski definition) is 2. The van der Waals surface area contributed by atoms with E-state index >= 15 is 0 Å². The van der Waals surface area contributed by atoms with Crippen molar-refractivity contribution in [2.75, 3.05) is 11.9 Å². The molecule has 0 aliphatic carbocycles. The van der Waals surface area contributed by atoms with Crippen molar-refractivity contribution in [3.63, 3.8) is 0 Å². The van der Waals surface area contributed by atoms with Crippen molar-refractivity contribution in [1.29, 1.82) is 0 Å². The smallest absolute Gasteiger partial charge is 0.170 e. The second-order valence-corrected chi connectivity index (χ2v) is 10.2. The quantitative estimate of drug-likeness (QED) is 0.179. The van der Waals surface area contributed by atoms with Gasteiger partial charge in [0.25, 0.3) is 0 Å². The predicted molar refractivity (Wildman–Crippen MR) is 163 cm³/mol. The highest BCUT2D eigenvalue weighted by Crippen LogP contribution is 2.39. The lowest BCUT2D eigenvalue weighted by atomic mass is 10.1. The number of halogens is 1. The largest absolute Gasteiger partial charge is 0.455 e. The molecule has 3 heterocycles. The highest BCUT2D eigenvalue weighted by atomic mass is 32.2. The number of thiophene rings is 1. The normalized spacial score (nSPS) is 10.4. The van der Waals surface area contributed by atoms with Crippen molar-refractivity contribution in [3.8, 4) is 22.1 Å². The molecule has 0 aliphatic rings. The Bertz CT molecular complexity index is 1550. The van der Waals surface area contributed by atoms with Gasteiger partial charge in [0.05, 0.1) is 20.8 Å². The lowest BCUT2D eigenvalue weighted by molar-refractivity contribution is 0.485. The lowest BCUT2D eigenvalue weighted by Crippen LogP contribution is -2.02. The Morgan fingerprint density at radius 2 is 1.95 bits per heavy atom. The van der Waals surface area contributed by atoms with E-state index in [9.17, 15) is 3.89 Å². The number of pyridine rings is 1. The zero-order valence-corrected chi connectivity index (χ0v) is 23.5. The summed E-state index contributed by atoms with van der Waals surface area (Å²) in [7, 11) is 0. The van der Waals surface area contributed by atoms with Crippen molar-refractivity contribution in [2.45, 2.75) is 20.3 Å². The van der Waals surface area contributed by atoms with Crippen LogP contribution in [0.2, 0.25) is 0 Å². The Kier molecular flexibility index (Phi) is 9.77. The molecule has 5 rings (SSSR count). The van der Waals surface area contributed by atoms with E-state index < -0.39 is 0 Å². The average molecular weight is 560 g/mol. The van der Waals surface area contributed by atoms with Gasteiger partial charge >= 0.3 is 0 Å². The first-order chi connectivity index (χ1) is 19.0. The van der Waals surface area contributed by atoms with E-state index in [1.54, 1.807) is 18.6 Å². The Morgan fingerprint density at radius 1 is 1.13 bits per heavy atom. The molecule has 0 aliphatic heterocycles. The van der Waals surface area contributed by atoms with Crippen molar-refractivity contribution >= 4 is 39.6 Å². The van der Waals surface area contributed by atoms with Crippen molar-refractivity contribution in [2.24, 2.45) is 0 Å². The van der Waals surface area contributed by atoms with E-state index in [1.165, 1.54) is 27.2 Å². The van der Waals surface area contributed by atoms with Crippen LogP contribution in [-0.4, -0.2) is 20.5 Å². The third-order valence-electron chi connectivity index (χ3n) is 5.59. The molecule has 0 amide bonds. The zero-order valence-electron chi connectivity index (χ0n) is 21.9. The second kappa shape index (κ2) is 13.6. The Hall–Kier alpha value is -4.08. The summed E-state index contributed by atoms with van der Waals surface area (Å²) in [6.07, 6.45) is 7.26. The average Bonchev–Trinajstić information content (AvgIpc) is 3.59. The number of ether oxygens (including phenoxy) is 1. The van der Waals surface area contributed by atoms with E-state index in [4.69, 9.17) is 4.74 Å². The van der Waals surface area contributed by atoms with Gasteiger partial charge in [-0.25, -0.2) is 4.98 Å². The summed E-state index contributed by atoms with van der Waals surface area (Å²) in [5.74, 6) is 1.48. The highest BCUT2D eigenvalue weighted by molar-refractivity contribution is 7.92. The highest BCUT2D eigenvalue weighted by Gasteiger charge is 2.14. The van der Waals surface area contributed by atoms with E-state index in [0.29, 0.717) is 5.69 Å². The Balaban J connectivity index is 0.000000648. The third kappa shape index (κ3) is 7.49. The SMILES string of the molecule is C=C(Cc1ccccc1)Nc1ccc(Oc2ccnc3cc(-c4cn(SF)cn4)sc23)c(C)c1.C=CNCC. The van der Waals surface area contributed by atoms with Crippen LogP contribution in [-0.2, 0) is 6.42 Å². The molecule has 2 aromatic carbocycles. The number of rotatable bonds is 10. The first kappa shape index (κ1) is 27.9. The van der Waals surface area contributed by atoms with E-state index in [1.807, 2.05) is 62.4 Å². The molecule has 9 heteroatoms. The number of fused-ring (bicyclic) bond motifs is 1. The zero-order chi connectivity index (χ0) is 27.6. The molecule has 5 aromatic rings. The molecule has 3 aromatic heterocycles. The minimum Gasteiger partial charge on any atom is -0.455 e. The second-order valence-electron chi connectivity index (χ2n) is 8.56. The minimum absolute atomic E-state index is 0.110. The van der Waals surface area contributed by atoms with Crippen LogP contribution < -0.4 is 15.4 Å². The van der Waals surface area contributed by atoms with Crippen LogP contribution in [0, 0.1) is 6.92 Å². The fourth-order valence-corrected chi connectivity index (χ4v) is 5.04. The summed E-state index contributed by atoms with van der Waals surface area (Å²) in [6, 6.07) is 20.0. The van der Waals surface area contributed by atoms with Gasteiger partial charge in [0, 0.05) is 42.8 Å². The number of anilines is 1. The number of aryl methyl sites for hydroxylation is 1. The van der Waals surface area contributed by atoms with Gasteiger partial charge in [-0.05, 0) is 55.4 Å². The van der Waals surface area contributed by atoms with Gasteiger partial charge in [-0.1, -0.05) is 43.5 Å². The van der Waals surface area contributed by atoms with Crippen molar-refractivity contribution in [1.82, 2.24) is 19.3 Å². The molecular weight excluding hydrogens is 529 g/mol. The van der Waals surface area contributed by atoms with Gasteiger partial charge < -0.3 is 15.4 Å². The molecule has 0 spiro atoms. The van der Waals surface area contributed by atoms with Gasteiger partial charge in [-0.15, -0.1) is 15.2 Å². The van der Waals surface area contributed by atoms with E-state index in [-0.39, 0.29) is 12.3 Å². The monoisotopic (exact) mass is 559 g/mol. The molecule has 0 saturated carbocycles. The van der Waals surface area contributed by atoms with Crippen LogP contribution in [0.3, 0.4) is 0 Å². The number of allylic oxidation sites excluding steroid dienone is 1. The number of nitrogens with one attached hydrogen (secondary N) is 2. The molecule has 200 valence electrons. The summed E-state index contributed by atoms with van der Waals surface area (Å²) in [4.78, 5) is 9.63. The van der Waals surface area contributed by atoms with E-state index in [2.05, 4.69) is 45.9 Å². The number of hydrogen-bond acceptors (Lipinski definition) is 7. The molecular formula is C30H30FN5OS2. The molecule has 0 bridgehead atoms. The van der Waals surface area contributed by atoms with Crippen LogP contribution in [0.25, 0.3) is 20.8 Å². The minimum atomic E-state index is 0.110. The van der Waals surface area contributed by atoms with E-state index in [0.717, 1.165) is 56.5 Å². The maximum absolute atomic E-state index is 12.8. The summed E-state index contributed by atoms with van der Waals surface area (Å²) >= 11 is 1.63. The van der Waals surface area contributed by atoms with Crippen LogP contribution in [0.15, 0.2) is 104 Å². The van der Waals surface area contributed by atoms with Crippen molar-refractivity contribution < 1.29 is 8.62 Å². The summed E-state index contributed by atoms with van der Waals surface area (Å²) in [5.41, 5.74) is 5.61. The lowest BCUT2D eigenvalue weighted by Gasteiger charge is -2.13. The maximum Gasteiger partial charge on any atom is 0.170 e. The van der Waals surface area contributed by atoms with Gasteiger partial charge in [0.2, 0.25) is 0 Å². The predicted octanol–water partition coefficient (Wildman–Crippen LogP) is 8.55. The van der Waals surface area contributed by atoms with Crippen molar-refractivity contribution in [3.05, 3.63) is 116 Å². The fraction of sp³-hybridized carbons (Fsp3) is 0.133. The first-order valence-corrected chi connectivity index (χ1v) is 13.8. The molecule has 0 radical (unpaired) electrons. The van der Waals surface area contributed by atoms with Crippen LogP contribution in [0.5, 0.6) is 11.5 Å². The van der Waals surface area contributed by atoms with Gasteiger partial charge in [-0.2, -0.15) is 0 Å². The topological polar surface area (TPSA) is 64.0 Å². The Labute approximate surface area is 236 Å².